The van der Waals surface area contributed by atoms with Gasteiger partial charge in [-0.3, -0.25) is 9.59 Å². The highest BCUT2D eigenvalue weighted by Crippen LogP contribution is 2.42. The SMILES string of the molecule is Cc1ccc(C(O)=C2C(=O)C(=O)N(C[C@@H]3CCCO3)[C@@H]2c2ccccc2Cl)cc1. The van der Waals surface area contributed by atoms with Crippen LogP contribution < -0.4 is 0 Å². The van der Waals surface area contributed by atoms with Gasteiger partial charge in [0.25, 0.3) is 11.7 Å². The number of aryl methyl sites for hydroxylation is 1. The van der Waals surface area contributed by atoms with Gasteiger partial charge in [0, 0.05) is 23.7 Å². The van der Waals surface area contributed by atoms with E-state index in [1.165, 1.54) is 4.90 Å². The standard InChI is InChI=1S/C23H22ClNO4/c1-14-8-10-15(11-9-14)21(26)19-20(17-6-2-3-7-18(17)24)25(23(28)22(19)27)13-16-5-4-12-29-16/h2-3,6-11,16,20,26H,4-5,12-13H2,1H3/t16-,20+/m0/s1. The lowest BCUT2D eigenvalue weighted by atomic mass is 9.95. The Hall–Kier alpha value is -2.63. The molecule has 2 heterocycles. The average Bonchev–Trinajstić information content (AvgIpc) is 3.31. The number of halogens is 1. The first-order valence-corrected chi connectivity index (χ1v) is 10.1. The number of hydrogen-bond donors (Lipinski definition) is 1. The molecule has 0 unspecified atom stereocenters. The summed E-state index contributed by atoms with van der Waals surface area (Å²) >= 11 is 6.43. The number of rotatable bonds is 4. The number of ether oxygens (including phenoxy) is 1. The predicted octanol–water partition coefficient (Wildman–Crippen LogP) is 4.25. The molecule has 2 aliphatic heterocycles. The molecule has 0 aromatic heterocycles. The summed E-state index contributed by atoms with van der Waals surface area (Å²) in [5, 5.41) is 11.4. The Bertz CT molecular complexity index is 977. The van der Waals surface area contributed by atoms with Crippen molar-refractivity contribution < 1.29 is 19.4 Å². The molecule has 2 fully saturated rings. The second-order valence-corrected chi connectivity index (χ2v) is 7.88. The molecule has 2 saturated heterocycles. The number of carbonyl (C=O) groups is 2. The van der Waals surface area contributed by atoms with E-state index in [4.69, 9.17) is 16.3 Å². The van der Waals surface area contributed by atoms with Crippen LogP contribution in [0.15, 0.2) is 54.1 Å². The Morgan fingerprint density at radius 3 is 2.55 bits per heavy atom. The van der Waals surface area contributed by atoms with Gasteiger partial charge in [-0.15, -0.1) is 0 Å². The molecule has 0 saturated carbocycles. The van der Waals surface area contributed by atoms with E-state index in [9.17, 15) is 14.7 Å². The normalized spacial score (nSPS) is 23.7. The Morgan fingerprint density at radius 2 is 1.90 bits per heavy atom. The van der Waals surface area contributed by atoms with Gasteiger partial charge in [0.1, 0.15) is 5.76 Å². The lowest BCUT2D eigenvalue weighted by Crippen LogP contribution is -2.36. The zero-order valence-corrected chi connectivity index (χ0v) is 16.9. The number of likely N-dealkylation sites (tertiary alicyclic amines) is 1. The third kappa shape index (κ3) is 3.68. The lowest BCUT2D eigenvalue weighted by molar-refractivity contribution is -0.140. The Labute approximate surface area is 174 Å². The number of aliphatic hydroxyl groups excluding tert-OH is 1. The Morgan fingerprint density at radius 1 is 1.17 bits per heavy atom. The molecule has 150 valence electrons. The molecule has 0 spiro atoms. The number of benzene rings is 2. The molecule has 2 aromatic carbocycles. The molecule has 1 amide bonds. The van der Waals surface area contributed by atoms with Gasteiger partial charge in [-0.2, -0.15) is 0 Å². The van der Waals surface area contributed by atoms with E-state index in [1.54, 1.807) is 36.4 Å². The van der Waals surface area contributed by atoms with Crippen molar-refractivity contribution in [2.45, 2.75) is 31.9 Å². The van der Waals surface area contributed by atoms with Gasteiger partial charge in [0.05, 0.1) is 17.7 Å². The van der Waals surface area contributed by atoms with Crippen molar-refractivity contribution in [2.75, 3.05) is 13.2 Å². The topological polar surface area (TPSA) is 66.8 Å². The van der Waals surface area contributed by atoms with Crippen LogP contribution >= 0.6 is 11.6 Å². The molecular weight excluding hydrogens is 390 g/mol. The van der Waals surface area contributed by atoms with Gasteiger partial charge in [-0.25, -0.2) is 0 Å². The summed E-state index contributed by atoms with van der Waals surface area (Å²) in [6.07, 6.45) is 1.63. The number of amides is 1. The summed E-state index contributed by atoms with van der Waals surface area (Å²) in [7, 11) is 0. The zero-order chi connectivity index (χ0) is 20.5. The summed E-state index contributed by atoms with van der Waals surface area (Å²) in [4.78, 5) is 27.4. The summed E-state index contributed by atoms with van der Waals surface area (Å²) in [6.45, 7) is 2.87. The van der Waals surface area contributed by atoms with Gasteiger partial charge in [0.15, 0.2) is 0 Å². The highest BCUT2D eigenvalue weighted by atomic mass is 35.5. The third-order valence-electron chi connectivity index (χ3n) is 5.49. The van der Waals surface area contributed by atoms with Gasteiger partial charge in [0.2, 0.25) is 0 Å². The van der Waals surface area contributed by atoms with E-state index >= 15 is 0 Å². The first kappa shape index (κ1) is 19.7. The minimum atomic E-state index is -0.755. The van der Waals surface area contributed by atoms with Crippen molar-refractivity contribution >= 4 is 29.1 Å². The molecule has 1 N–H and O–H groups in total. The van der Waals surface area contributed by atoms with Crippen LogP contribution in [0.25, 0.3) is 5.76 Å². The summed E-state index contributed by atoms with van der Waals surface area (Å²) in [5.41, 5.74) is 2.19. The maximum absolute atomic E-state index is 13.0. The van der Waals surface area contributed by atoms with Crippen molar-refractivity contribution in [3.8, 4) is 0 Å². The van der Waals surface area contributed by atoms with E-state index in [-0.39, 0.29) is 24.0 Å². The van der Waals surface area contributed by atoms with Gasteiger partial charge < -0.3 is 14.7 Å². The molecule has 2 atom stereocenters. The fourth-order valence-corrected chi connectivity index (χ4v) is 4.20. The van der Waals surface area contributed by atoms with Crippen LogP contribution in [-0.4, -0.2) is 41.0 Å². The summed E-state index contributed by atoms with van der Waals surface area (Å²) in [5.74, 6) is -1.53. The van der Waals surface area contributed by atoms with Crippen LogP contribution in [-0.2, 0) is 14.3 Å². The molecule has 6 heteroatoms. The number of aliphatic hydroxyl groups is 1. The molecule has 29 heavy (non-hydrogen) atoms. The summed E-state index contributed by atoms with van der Waals surface area (Å²) in [6, 6.07) is 13.5. The molecule has 5 nitrogen and oxygen atoms in total. The maximum atomic E-state index is 13.0. The lowest BCUT2D eigenvalue weighted by Gasteiger charge is -2.28. The van der Waals surface area contributed by atoms with Crippen molar-refractivity contribution in [2.24, 2.45) is 0 Å². The Kier molecular flexibility index (Phi) is 5.43. The molecular formula is C23H22ClNO4. The van der Waals surface area contributed by atoms with Crippen molar-refractivity contribution in [1.29, 1.82) is 0 Å². The molecule has 0 bridgehead atoms. The number of nitrogens with zero attached hydrogens (tertiary/aromatic N) is 1. The van der Waals surface area contributed by atoms with Crippen LogP contribution in [0, 0.1) is 6.92 Å². The Balaban J connectivity index is 1.84. The number of ketones is 1. The van der Waals surface area contributed by atoms with Crippen LogP contribution in [0.2, 0.25) is 5.02 Å². The van der Waals surface area contributed by atoms with E-state index in [0.717, 1.165) is 18.4 Å². The van der Waals surface area contributed by atoms with Crippen LogP contribution in [0.5, 0.6) is 0 Å². The summed E-state index contributed by atoms with van der Waals surface area (Å²) < 4.78 is 5.69. The molecule has 2 aliphatic rings. The predicted molar refractivity (Wildman–Crippen MR) is 111 cm³/mol. The molecule has 2 aromatic rings. The number of carbonyl (C=O) groups excluding carboxylic acids is 2. The van der Waals surface area contributed by atoms with Crippen LogP contribution in [0.1, 0.15) is 35.6 Å². The van der Waals surface area contributed by atoms with E-state index in [0.29, 0.717) is 22.8 Å². The highest BCUT2D eigenvalue weighted by molar-refractivity contribution is 6.47. The average molecular weight is 412 g/mol. The minimum Gasteiger partial charge on any atom is -0.507 e. The molecule has 0 radical (unpaired) electrons. The highest BCUT2D eigenvalue weighted by Gasteiger charge is 2.47. The quantitative estimate of drug-likeness (QED) is 0.464. The van der Waals surface area contributed by atoms with Crippen molar-refractivity contribution in [3.05, 3.63) is 75.8 Å². The third-order valence-corrected chi connectivity index (χ3v) is 5.83. The van der Waals surface area contributed by atoms with Crippen LogP contribution in [0.4, 0.5) is 0 Å². The van der Waals surface area contributed by atoms with Gasteiger partial charge in [-0.1, -0.05) is 59.6 Å². The number of Topliss-reactive ketones (excluding diaryl/α,β-unsaturated/α-hetero) is 1. The minimum absolute atomic E-state index is 0.0601. The first-order chi connectivity index (χ1) is 14.0. The van der Waals surface area contributed by atoms with E-state index in [2.05, 4.69) is 0 Å². The van der Waals surface area contributed by atoms with Gasteiger partial charge in [-0.05, 0) is 31.4 Å². The first-order valence-electron chi connectivity index (χ1n) is 9.69. The largest absolute Gasteiger partial charge is 0.507 e. The van der Waals surface area contributed by atoms with Crippen molar-refractivity contribution in [3.63, 3.8) is 0 Å². The van der Waals surface area contributed by atoms with Crippen LogP contribution in [0.3, 0.4) is 0 Å². The fraction of sp³-hybridized carbons (Fsp3) is 0.304. The zero-order valence-electron chi connectivity index (χ0n) is 16.1. The van der Waals surface area contributed by atoms with E-state index < -0.39 is 17.7 Å². The van der Waals surface area contributed by atoms with Gasteiger partial charge >= 0.3 is 0 Å². The maximum Gasteiger partial charge on any atom is 0.295 e. The second-order valence-electron chi connectivity index (χ2n) is 7.47. The smallest absolute Gasteiger partial charge is 0.295 e. The van der Waals surface area contributed by atoms with E-state index in [1.807, 2.05) is 19.1 Å². The van der Waals surface area contributed by atoms with Crippen molar-refractivity contribution in [1.82, 2.24) is 4.90 Å². The fourth-order valence-electron chi connectivity index (χ4n) is 3.96. The monoisotopic (exact) mass is 411 g/mol. The molecule has 0 aliphatic carbocycles. The molecule has 4 rings (SSSR count). The second kappa shape index (κ2) is 8.01. The number of hydrogen-bond acceptors (Lipinski definition) is 4.